The Morgan fingerprint density at radius 1 is 1.28 bits per heavy atom. The highest BCUT2D eigenvalue weighted by molar-refractivity contribution is 6.05. The standard InChI is InChI=1S/C14H19FO3/c1-6(2)13(7(3)4)18-14(17)11-8-5-9(15)12(16)10(8)11/h5-8,10-11,13H,1-4H3/t8-,10+,11+/m1/s1. The van der Waals surface area contributed by atoms with E-state index in [1.54, 1.807) is 0 Å². The van der Waals surface area contributed by atoms with Gasteiger partial charge in [-0.2, -0.15) is 0 Å². The number of carbonyl (C=O) groups excluding carboxylic acids is 2. The van der Waals surface area contributed by atoms with Crippen LogP contribution in [0.3, 0.4) is 0 Å². The van der Waals surface area contributed by atoms with Crippen molar-refractivity contribution in [2.24, 2.45) is 29.6 Å². The summed E-state index contributed by atoms with van der Waals surface area (Å²) in [5, 5.41) is 0. The highest BCUT2D eigenvalue weighted by Crippen LogP contribution is 2.55. The molecule has 0 spiro atoms. The molecule has 3 atom stereocenters. The van der Waals surface area contributed by atoms with Gasteiger partial charge in [0, 0.05) is 11.8 Å². The number of ketones is 1. The van der Waals surface area contributed by atoms with Crippen LogP contribution in [0.2, 0.25) is 0 Å². The van der Waals surface area contributed by atoms with Crippen molar-refractivity contribution >= 4 is 11.8 Å². The average Bonchev–Trinajstić information content (AvgIpc) is 2.89. The summed E-state index contributed by atoms with van der Waals surface area (Å²) in [6.45, 7) is 7.99. The summed E-state index contributed by atoms with van der Waals surface area (Å²) < 4.78 is 18.4. The smallest absolute Gasteiger partial charge is 0.310 e. The molecule has 100 valence electrons. The topological polar surface area (TPSA) is 43.4 Å². The molecule has 2 aliphatic carbocycles. The number of halogens is 1. The third kappa shape index (κ3) is 2.08. The molecule has 0 heterocycles. The van der Waals surface area contributed by atoms with Gasteiger partial charge in [0.1, 0.15) is 6.10 Å². The van der Waals surface area contributed by atoms with Crippen molar-refractivity contribution in [1.82, 2.24) is 0 Å². The van der Waals surface area contributed by atoms with Gasteiger partial charge in [-0.15, -0.1) is 0 Å². The molecular weight excluding hydrogens is 235 g/mol. The van der Waals surface area contributed by atoms with Crippen LogP contribution >= 0.6 is 0 Å². The molecule has 0 aromatic carbocycles. The van der Waals surface area contributed by atoms with Crippen LogP contribution in [-0.2, 0) is 14.3 Å². The Morgan fingerprint density at radius 2 is 1.83 bits per heavy atom. The molecule has 0 N–H and O–H groups in total. The number of allylic oxidation sites excluding steroid dienone is 2. The Balaban J connectivity index is 1.97. The summed E-state index contributed by atoms with van der Waals surface area (Å²) in [6, 6.07) is 0. The second kappa shape index (κ2) is 4.48. The minimum Gasteiger partial charge on any atom is -0.462 e. The third-order valence-electron chi connectivity index (χ3n) is 3.79. The van der Waals surface area contributed by atoms with Gasteiger partial charge in [0.05, 0.1) is 5.92 Å². The zero-order valence-corrected chi connectivity index (χ0v) is 11.1. The van der Waals surface area contributed by atoms with E-state index in [0.717, 1.165) is 0 Å². The van der Waals surface area contributed by atoms with Crippen molar-refractivity contribution in [3.05, 3.63) is 11.9 Å². The molecular formula is C14H19FO3. The Morgan fingerprint density at radius 3 is 2.22 bits per heavy atom. The number of rotatable bonds is 4. The van der Waals surface area contributed by atoms with Crippen LogP contribution in [0.5, 0.6) is 0 Å². The molecule has 0 saturated heterocycles. The zero-order valence-electron chi connectivity index (χ0n) is 11.1. The van der Waals surface area contributed by atoms with Crippen molar-refractivity contribution in [2.75, 3.05) is 0 Å². The van der Waals surface area contributed by atoms with Gasteiger partial charge >= 0.3 is 5.97 Å². The largest absolute Gasteiger partial charge is 0.462 e. The van der Waals surface area contributed by atoms with Gasteiger partial charge in [0.15, 0.2) is 11.6 Å². The number of hydrogen-bond donors (Lipinski definition) is 0. The number of hydrogen-bond acceptors (Lipinski definition) is 3. The minimum atomic E-state index is -0.696. The SMILES string of the molecule is CC(C)C(OC(=O)[C@H]1[C@@H]2C=C(F)C(=O)[C@@H]21)C(C)C. The van der Waals surface area contributed by atoms with E-state index in [1.165, 1.54) is 6.08 Å². The van der Waals surface area contributed by atoms with Crippen molar-refractivity contribution in [3.63, 3.8) is 0 Å². The van der Waals surface area contributed by atoms with Crippen molar-refractivity contribution in [1.29, 1.82) is 0 Å². The van der Waals surface area contributed by atoms with Gasteiger partial charge in [-0.1, -0.05) is 27.7 Å². The zero-order chi connectivity index (χ0) is 13.6. The maximum absolute atomic E-state index is 12.9. The summed E-state index contributed by atoms with van der Waals surface area (Å²) >= 11 is 0. The average molecular weight is 254 g/mol. The van der Waals surface area contributed by atoms with Crippen LogP contribution in [0.1, 0.15) is 27.7 Å². The molecule has 18 heavy (non-hydrogen) atoms. The molecule has 0 amide bonds. The molecule has 0 aromatic heterocycles. The van der Waals surface area contributed by atoms with Crippen molar-refractivity contribution in [3.8, 4) is 0 Å². The van der Waals surface area contributed by atoms with Gasteiger partial charge in [-0.25, -0.2) is 4.39 Å². The first kappa shape index (κ1) is 13.2. The van der Waals surface area contributed by atoms with Crippen LogP contribution in [0.25, 0.3) is 0 Å². The van der Waals surface area contributed by atoms with E-state index in [1.807, 2.05) is 27.7 Å². The molecule has 1 saturated carbocycles. The van der Waals surface area contributed by atoms with E-state index in [-0.39, 0.29) is 29.8 Å². The normalized spacial score (nSPS) is 29.9. The van der Waals surface area contributed by atoms with Gasteiger partial charge < -0.3 is 4.74 Å². The fourth-order valence-corrected chi connectivity index (χ4v) is 2.85. The predicted molar refractivity (Wildman–Crippen MR) is 64.2 cm³/mol. The molecule has 4 heteroatoms. The van der Waals surface area contributed by atoms with E-state index < -0.39 is 23.4 Å². The van der Waals surface area contributed by atoms with E-state index >= 15 is 0 Å². The lowest BCUT2D eigenvalue weighted by Crippen LogP contribution is -2.30. The molecule has 3 nitrogen and oxygen atoms in total. The van der Waals surface area contributed by atoms with Gasteiger partial charge in [0.25, 0.3) is 0 Å². The maximum Gasteiger partial charge on any atom is 0.310 e. The lowest BCUT2D eigenvalue weighted by molar-refractivity contribution is -0.156. The molecule has 0 bridgehead atoms. The van der Waals surface area contributed by atoms with Crippen LogP contribution in [-0.4, -0.2) is 17.9 Å². The van der Waals surface area contributed by atoms with Crippen LogP contribution in [0.4, 0.5) is 4.39 Å². The summed E-state index contributed by atoms with van der Waals surface area (Å²) in [6.07, 6.45) is 1.11. The fraction of sp³-hybridized carbons (Fsp3) is 0.714. The highest BCUT2D eigenvalue weighted by Gasteiger charge is 2.63. The first-order chi connectivity index (χ1) is 8.34. The van der Waals surface area contributed by atoms with Gasteiger partial charge in [-0.05, 0) is 17.9 Å². The Bertz CT molecular complexity index is 403. The second-order valence-corrected chi connectivity index (χ2v) is 5.90. The summed E-state index contributed by atoms with van der Waals surface area (Å²) in [4.78, 5) is 23.3. The minimum absolute atomic E-state index is 0.150. The molecule has 2 rings (SSSR count). The van der Waals surface area contributed by atoms with Crippen LogP contribution in [0.15, 0.2) is 11.9 Å². The second-order valence-electron chi connectivity index (χ2n) is 5.90. The van der Waals surface area contributed by atoms with Crippen LogP contribution in [0, 0.1) is 29.6 Å². The Labute approximate surface area is 106 Å². The van der Waals surface area contributed by atoms with Crippen molar-refractivity contribution < 1.29 is 18.7 Å². The molecule has 0 aliphatic heterocycles. The summed E-state index contributed by atoms with van der Waals surface area (Å²) in [5.41, 5.74) is 0. The molecule has 0 unspecified atom stereocenters. The molecule has 0 aromatic rings. The summed E-state index contributed by atoms with van der Waals surface area (Å²) in [5.74, 6) is -2.31. The number of carbonyl (C=O) groups is 2. The van der Waals surface area contributed by atoms with E-state index in [4.69, 9.17) is 4.74 Å². The third-order valence-corrected chi connectivity index (χ3v) is 3.79. The van der Waals surface area contributed by atoms with E-state index in [0.29, 0.717) is 0 Å². The highest BCUT2D eigenvalue weighted by atomic mass is 19.1. The predicted octanol–water partition coefficient (Wildman–Crippen LogP) is 2.51. The lowest BCUT2D eigenvalue weighted by atomic mass is 9.96. The Kier molecular flexibility index (Phi) is 3.30. The van der Waals surface area contributed by atoms with Gasteiger partial charge in [-0.3, -0.25) is 9.59 Å². The van der Waals surface area contributed by atoms with Gasteiger partial charge in [0.2, 0.25) is 0 Å². The number of fused-ring (bicyclic) bond motifs is 1. The maximum atomic E-state index is 12.9. The number of esters is 1. The van der Waals surface area contributed by atoms with Crippen molar-refractivity contribution in [2.45, 2.75) is 33.8 Å². The molecule has 2 aliphatic rings. The molecule has 0 radical (unpaired) electrons. The van der Waals surface area contributed by atoms with Crippen LogP contribution < -0.4 is 0 Å². The van der Waals surface area contributed by atoms with E-state index in [2.05, 4.69) is 0 Å². The first-order valence-corrected chi connectivity index (χ1v) is 6.46. The Hall–Kier alpha value is -1.19. The fourth-order valence-electron chi connectivity index (χ4n) is 2.85. The number of ether oxygens (including phenoxy) is 1. The van der Waals surface area contributed by atoms with E-state index in [9.17, 15) is 14.0 Å². The molecule has 1 fully saturated rings. The monoisotopic (exact) mass is 254 g/mol. The first-order valence-electron chi connectivity index (χ1n) is 6.46. The number of Topliss-reactive ketones (excluding diaryl/α,β-unsaturated/α-hetero) is 1. The lowest BCUT2D eigenvalue weighted by Gasteiger charge is -2.25. The summed E-state index contributed by atoms with van der Waals surface area (Å²) in [7, 11) is 0. The quantitative estimate of drug-likeness (QED) is 0.724.